The summed E-state index contributed by atoms with van der Waals surface area (Å²) in [5, 5.41) is 14.4. The van der Waals surface area contributed by atoms with Gasteiger partial charge in [0.25, 0.3) is 5.91 Å². The number of tetrazole rings is 1. The van der Waals surface area contributed by atoms with Crippen LogP contribution in [0.1, 0.15) is 43.0 Å². The van der Waals surface area contributed by atoms with E-state index in [-0.39, 0.29) is 23.5 Å². The first-order valence-corrected chi connectivity index (χ1v) is 8.49. The van der Waals surface area contributed by atoms with Crippen LogP contribution in [0.2, 0.25) is 0 Å². The van der Waals surface area contributed by atoms with Gasteiger partial charge in [0, 0.05) is 18.1 Å². The van der Waals surface area contributed by atoms with Gasteiger partial charge in [-0.25, -0.2) is 0 Å². The summed E-state index contributed by atoms with van der Waals surface area (Å²) in [4.78, 5) is 12.8. The van der Waals surface area contributed by atoms with Crippen LogP contribution < -0.4 is 5.32 Å². The molecule has 7 heteroatoms. The number of hydrogen-bond acceptors (Lipinski definition) is 5. The molecular formula is C17H21N5O2. The van der Waals surface area contributed by atoms with E-state index in [1.54, 1.807) is 6.07 Å². The monoisotopic (exact) mass is 327 g/mol. The van der Waals surface area contributed by atoms with E-state index in [1.165, 1.54) is 17.4 Å². The fraction of sp³-hybridized carbons (Fsp3) is 0.529. The van der Waals surface area contributed by atoms with E-state index in [4.69, 9.17) is 4.74 Å². The highest BCUT2D eigenvalue weighted by molar-refractivity contribution is 5.98. The topological polar surface area (TPSA) is 81.9 Å². The van der Waals surface area contributed by atoms with Crippen molar-refractivity contribution >= 4 is 5.91 Å². The van der Waals surface area contributed by atoms with Crippen molar-refractivity contribution in [3.05, 3.63) is 36.2 Å². The smallest absolute Gasteiger partial charge is 0.253 e. The Bertz CT molecular complexity index is 726. The van der Waals surface area contributed by atoms with Gasteiger partial charge in [0.1, 0.15) is 6.33 Å². The summed E-state index contributed by atoms with van der Waals surface area (Å²) in [5.74, 6) is -0.0766. The summed E-state index contributed by atoms with van der Waals surface area (Å²) in [6.45, 7) is 2.76. The molecule has 2 aromatic rings. The molecule has 1 spiro atoms. The average Bonchev–Trinajstić information content (AvgIpc) is 3.06. The molecule has 0 unspecified atom stereocenters. The Hall–Kier alpha value is -2.28. The summed E-state index contributed by atoms with van der Waals surface area (Å²) < 4.78 is 7.37. The number of carbonyl (C=O) groups is 1. The van der Waals surface area contributed by atoms with Crippen LogP contribution in [0.4, 0.5) is 0 Å². The molecule has 0 saturated heterocycles. The zero-order valence-corrected chi connectivity index (χ0v) is 13.7. The molecule has 2 saturated carbocycles. The van der Waals surface area contributed by atoms with E-state index < -0.39 is 0 Å². The van der Waals surface area contributed by atoms with Gasteiger partial charge < -0.3 is 10.1 Å². The van der Waals surface area contributed by atoms with Crippen LogP contribution in [0.25, 0.3) is 5.69 Å². The van der Waals surface area contributed by atoms with E-state index in [0.717, 1.165) is 25.9 Å². The molecule has 2 fully saturated rings. The number of rotatable bonds is 5. The van der Waals surface area contributed by atoms with Gasteiger partial charge in [0.15, 0.2) is 0 Å². The van der Waals surface area contributed by atoms with Crippen molar-refractivity contribution < 1.29 is 9.53 Å². The molecular weight excluding hydrogens is 306 g/mol. The maximum absolute atomic E-state index is 12.8. The van der Waals surface area contributed by atoms with Crippen LogP contribution in [-0.4, -0.2) is 44.9 Å². The minimum atomic E-state index is -0.0766. The number of benzene rings is 1. The van der Waals surface area contributed by atoms with Gasteiger partial charge in [-0.3, -0.25) is 4.79 Å². The van der Waals surface area contributed by atoms with Crippen molar-refractivity contribution in [2.24, 2.45) is 5.41 Å². The highest BCUT2D eigenvalue weighted by Crippen LogP contribution is 2.57. The number of hydrogen-bond donors (Lipinski definition) is 1. The van der Waals surface area contributed by atoms with Crippen molar-refractivity contribution in [1.29, 1.82) is 0 Å². The third-order valence-corrected chi connectivity index (χ3v) is 5.49. The fourth-order valence-electron chi connectivity index (χ4n) is 4.01. The summed E-state index contributed by atoms with van der Waals surface area (Å²) in [5.41, 5.74) is 1.41. The third kappa shape index (κ3) is 2.31. The molecule has 0 bridgehead atoms. The molecule has 1 aromatic heterocycles. The molecule has 1 heterocycles. The number of ether oxygens (including phenoxy) is 1. The SMILES string of the molecule is CCO[C@@H]1C[C@H](NC(=O)c2ccccc2-n2cnnn2)C12CCC2. The molecule has 7 nitrogen and oxygen atoms in total. The Kier molecular flexibility index (Phi) is 3.80. The van der Waals surface area contributed by atoms with Crippen molar-refractivity contribution in [3.63, 3.8) is 0 Å². The number of carbonyl (C=O) groups excluding carboxylic acids is 1. The van der Waals surface area contributed by atoms with Gasteiger partial charge in [0.2, 0.25) is 0 Å². The zero-order valence-electron chi connectivity index (χ0n) is 13.7. The Balaban J connectivity index is 1.52. The molecule has 1 N–H and O–H groups in total. The maximum Gasteiger partial charge on any atom is 0.253 e. The van der Waals surface area contributed by atoms with Gasteiger partial charge in [0.05, 0.1) is 17.4 Å². The number of para-hydroxylation sites is 1. The predicted octanol–water partition coefficient (Wildman–Crippen LogP) is 1.74. The van der Waals surface area contributed by atoms with Crippen molar-refractivity contribution in [3.8, 4) is 5.69 Å². The molecule has 4 rings (SSSR count). The molecule has 2 aliphatic rings. The summed E-state index contributed by atoms with van der Waals surface area (Å²) in [7, 11) is 0. The quantitative estimate of drug-likeness (QED) is 0.904. The summed E-state index contributed by atoms with van der Waals surface area (Å²) >= 11 is 0. The summed E-state index contributed by atoms with van der Waals surface area (Å²) in [6.07, 6.45) is 6.17. The second-order valence-corrected chi connectivity index (χ2v) is 6.56. The van der Waals surface area contributed by atoms with E-state index in [0.29, 0.717) is 11.3 Å². The van der Waals surface area contributed by atoms with E-state index in [2.05, 4.69) is 20.8 Å². The second kappa shape index (κ2) is 5.98. The van der Waals surface area contributed by atoms with E-state index in [9.17, 15) is 4.79 Å². The number of nitrogens with one attached hydrogen (secondary N) is 1. The molecule has 126 valence electrons. The molecule has 2 aliphatic carbocycles. The first-order valence-electron chi connectivity index (χ1n) is 8.49. The Morgan fingerprint density at radius 3 is 2.92 bits per heavy atom. The lowest BCUT2D eigenvalue weighted by atomic mass is 9.51. The van der Waals surface area contributed by atoms with Crippen molar-refractivity contribution in [1.82, 2.24) is 25.5 Å². The maximum atomic E-state index is 12.8. The standard InChI is InChI=1S/C17H21N5O2/c1-2-24-15-10-14(17(15)8-5-9-17)19-16(23)12-6-3-4-7-13(12)22-11-18-20-21-22/h3-4,6-7,11,14-15H,2,5,8-10H2,1H3,(H,19,23)/t14-,15+/m0/s1. The predicted molar refractivity (Wildman–Crippen MR) is 86.7 cm³/mol. The Labute approximate surface area is 140 Å². The van der Waals surface area contributed by atoms with E-state index in [1.807, 2.05) is 25.1 Å². The largest absolute Gasteiger partial charge is 0.378 e. The highest BCUT2D eigenvalue weighted by Gasteiger charge is 2.59. The Morgan fingerprint density at radius 1 is 1.42 bits per heavy atom. The van der Waals surface area contributed by atoms with Gasteiger partial charge in [-0.2, -0.15) is 4.68 Å². The van der Waals surface area contributed by atoms with Gasteiger partial charge in [-0.15, -0.1) is 5.10 Å². The van der Waals surface area contributed by atoms with Gasteiger partial charge >= 0.3 is 0 Å². The molecule has 2 atom stereocenters. The first-order chi connectivity index (χ1) is 11.7. The minimum Gasteiger partial charge on any atom is -0.378 e. The van der Waals surface area contributed by atoms with E-state index >= 15 is 0 Å². The highest BCUT2D eigenvalue weighted by atomic mass is 16.5. The zero-order chi connectivity index (χ0) is 16.6. The molecule has 24 heavy (non-hydrogen) atoms. The molecule has 0 radical (unpaired) electrons. The van der Waals surface area contributed by atoms with Crippen LogP contribution in [0.3, 0.4) is 0 Å². The number of nitrogens with zero attached hydrogens (tertiary/aromatic N) is 4. The second-order valence-electron chi connectivity index (χ2n) is 6.56. The first kappa shape index (κ1) is 15.3. The van der Waals surface area contributed by atoms with Crippen molar-refractivity contribution in [2.45, 2.75) is 44.8 Å². The minimum absolute atomic E-state index is 0.0766. The fourth-order valence-corrected chi connectivity index (χ4v) is 4.01. The van der Waals surface area contributed by atoms with Gasteiger partial charge in [-0.05, 0) is 48.7 Å². The lowest BCUT2D eigenvalue weighted by molar-refractivity contribution is -0.169. The Morgan fingerprint density at radius 2 is 2.25 bits per heavy atom. The van der Waals surface area contributed by atoms with Gasteiger partial charge in [-0.1, -0.05) is 18.6 Å². The lowest BCUT2D eigenvalue weighted by Gasteiger charge is -2.61. The van der Waals surface area contributed by atoms with Crippen LogP contribution in [0.15, 0.2) is 30.6 Å². The van der Waals surface area contributed by atoms with Crippen LogP contribution in [0, 0.1) is 5.41 Å². The third-order valence-electron chi connectivity index (χ3n) is 5.49. The molecule has 1 aromatic carbocycles. The average molecular weight is 327 g/mol. The van der Waals surface area contributed by atoms with Crippen LogP contribution in [-0.2, 0) is 4.74 Å². The lowest BCUT2D eigenvalue weighted by Crippen LogP contribution is -2.67. The van der Waals surface area contributed by atoms with Crippen molar-refractivity contribution in [2.75, 3.05) is 6.61 Å². The molecule has 1 amide bonds. The number of aromatic nitrogens is 4. The van der Waals surface area contributed by atoms with Crippen LogP contribution in [0.5, 0.6) is 0 Å². The normalized spacial score (nSPS) is 24.2. The molecule has 0 aliphatic heterocycles. The summed E-state index contributed by atoms with van der Waals surface area (Å²) in [6, 6.07) is 7.56. The number of amides is 1. The van der Waals surface area contributed by atoms with Crippen LogP contribution >= 0.6 is 0 Å².